The van der Waals surface area contributed by atoms with E-state index in [1.54, 1.807) is 51.0 Å². The maximum absolute atomic E-state index is 13.1. The number of amides is 1. The number of morpholine rings is 1. The normalized spacial score (nSPS) is 17.0. The van der Waals surface area contributed by atoms with E-state index >= 15 is 0 Å². The zero-order valence-electron chi connectivity index (χ0n) is 15.1. The number of benzene rings is 1. The Morgan fingerprint density at radius 1 is 1.23 bits per heavy atom. The molecule has 0 N–H and O–H groups in total. The molecule has 0 spiro atoms. The lowest BCUT2D eigenvalue weighted by molar-refractivity contribution is -0.00415. The Kier molecular flexibility index (Phi) is 6.01. The van der Waals surface area contributed by atoms with Gasteiger partial charge >= 0.3 is 0 Å². The highest BCUT2D eigenvalue weighted by Gasteiger charge is 2.28. The molecule has 7 heteroatoms. The first-order chi connectivity index (χ1) is 12.7. The lowest BCUT2D eigenvalue weighted by Gasteiger charge is -2.36. The zero-order chi connectivity index (χ0) is 18.4. The lowest BCUT2D eigenvalue weighted by atomic mass is 10.1. The van der Waals surface area contributed by atoms with Gasteiger partial charge in [-0.05, 0) is 25.0 Å². The summed E-state index contributed by atoms with van der Waals surface area (Å²) in [4.78, 5) is 23.3. The fraction of sp³-hybridized carbons (Fsp3) is 0.421. The molecule has 2 aromatic rings. The van der Waals surface area contributed by atoms with Gasteiger partial charge in [-0.15, -0.1) is 0 Å². The topological polar surface area (TPSA) is 73.8 Å². The molecule has 1 aromatic heterocycles. The fourth-order valence-electron chi connectivity index (χ4n) is 3.03. The van der Waals surface area contributed by atoms with Crippen LogP contribution in [-0.2, 0) is 11.2 Å². The smallest absolute Gasteiger partial charge is 0.254 e. The Morgan fingerprint density at radius 3 is 2.65 bits per heavy atom. The minimum atomic E-state index is -0.0466. The predicted octanol–water partition coefficient (Wildman–Crippen LogP) is 1.97. The number of aromatic nitrogens is 2. The molecule has 3 rings (SSSR count). The summed E-state index contributed by atoms with van der Waals surface area (Å²) in [5, 5.41) is 0. The summed E-state index contributed by atoms with van der Waals surface area (Å²) in [6.45, 7) is 1.62. The number of ether oxygens (including phenoxy) is 3. The number of carbonyl (C=O) groups excluding carboxylic acids is 1. The van der Waals surface area contributed by atoms with Gasteiger partial charge in [-0.3, -0.25) is 14.8 Å². The molecule has 1 unspecified atom stereocenters. The van der Waals surface area contributed by atoms with Crippen LogP contribution in [0.3, 0.4) is 0 Å². The molecule has 1 aliphatic heterocycles. The molecule has 1 aromatic carbocycles. The van der Waals surface area contributed by atoms with Gasteiger partial charge in [-0.25, -0.2) is 0 Å². The molecule has 1 atom stereocenters. The van der Waals surface area contributed by atoms with E-state index in [-0.39, 0.29) is 11.9 Å². The molecule has 0 aliphatic carbocycles. The van der Waals surface area contributed by atoms with Crippen molar-refractivity contribution < 1.29 is 19.0 Å². The van der Waals surface area contributed by atoms with Crippen LogP contribution in [0, 0.1) is 0 Å². The molecule has 26 heavy (non-hydrogen) atoms. The van der Waals surface area contributed by atoms with Gasteiger partial charge in [-0.2, -0.15) is 0 Å². The van der Waals surface area contributed by atoms with Crippen molar-refractivity contribution in [2.24, 2.45) is 0 Å². The van der Waals surface area contributed by atoms with E-state index in [2.05, 4.69) is 9.97 Å². The quantitative estimate of drug-likeness (QED) is 0.787. The first-order valence-corrected chi connectivity index (χ1v) is 8.58. The van der Waals surface area contributed by atoms with E-state index in [1.807, 2.05) is 4.90 Å². The van der Waals surface area contributed by atoms with Crippen molar-refractivity contribution in [1.82, 2.24) is 14.9 Å². The van der Waals surface area contributed by atoms with Crippen LogP contribution < -0.4 is 9.47 Å². The third-order valence-corrected chi connectivity index (χ3v) is 4.44. The van der Waals surface area contributed by atoms with Crippen molar-refractivity contribution in [3.05, 3.63) is 48.0 Å². The van der Waals surface area contributed by atoms with Gasteiger partial charge in [-0.1, -0.05) is 0 Å². The summed E-state index contributed by atoms with van der Waals surface area (Å²) in [7, 11) is 3.14. The zero-order valence-corrected chi connectivity index (χ0v) is 15.1. The van der Waals surface area contributed by atoms with Crippen LogP contribution in [0.15, 0.2) is 36.8 Å². The number of aryl methyl sites for hydroxylation is 1. The monoisotopic (exact) mass is 357 g/mol. The Bertz CT molecular complexity index is 717. The van der Waals surface area contributed by atoms with Crippen molar-refractivity contribution in [3.63, 3.8) is 0 Å². The number of nitrogens with zero attached hydrogens (tertiary/aromatic N) is 3. The number of rotatable bonds is 6. The van der Waals surface area contributed by atoms with Gasteiger partial charge in [0.05, 0.1) is 39.2 Å². The molecule has 138 valence electrons. The molecule has 1 amide bonds. The maximum Gasteiger partial charge on any atom is 0.254 e. The summed E-state index contributed by atoms with van der Waals surface area (Å²) >= 11 is 0. The molecular weight excluding hydrogens is 334 g/mol. The molecule has 0 saturated carbocycles. The summed E-state index contributed by atoms with van der Waals surface area (Å²) in [6, 6.07) is 5.22. The van der Waals surface area contributed by atoms with E-state index in [0.717, 1.165) is 18.5 Å². The fourth-order valence-corrected chi connectivity index (χ4v) is 3.03. The third kappa shape index (κ3) is 4.29. The molecule has 0 bridgehead atoms. The van der Waals surface area contributed by atoms with Crippen LogP contribution in [0.5, 0.6) is 11.5 Å². The molecule has 0 radical (unpaired) electrons. The Balaban J connectivity index is 1.75. The van der Waals surface area contributed by atoms with Gasteiger partial charge in [0.1, 0.15) is 11.5 Å². The number of methoxy groups -OCH3 is 2. The van der Waals surface area contributed by atoms with E-state index in [0.29, 0.717) is 36.8 Å². The van der Waals surface area contributed by atoms with Crippen LogP contribution in [0.1, 0.15) is 22.5 Å². The molecule has 1 aliphatic rings. The van der Waals surface area contributed by atoms with Crippen LogP contribution in [0.25, 0.3) is 0 Å². The standard InChI is InChI=1S/C19H23N3O4/c1-24-17-9-14(10-18(11-17)25-2)19(23)22-7-8-26-13-16(22)4-3-15-12-20-5-6-21-15/h5-6,9-12,16H,3-4,7-8,13H2,1-2H3. The van der Waals surface area contributed by atoms with Crippen molar-refractivity contribution in [3.8, 4) is 11.5 Å². The summed E-state index contributed by atoms with van der Waals surface area (Å²) < 4.78 is 16.2. The van der Waals surface area contributed by atoms with Crippen molar-refractivity contribution >= 4 is 5.91 Å². The highest BCUT2D eigenvalue weighted by molar-refractivity contribution is 5.95. The molecular formula is C19H23N3O4. The molecule has 1 fully saturated rings. The van der Waals surface area contributed by atoms with Crippen LogP contribution >= 0.6 is 0 Å². The minimum absolute atomic E-state index is 0.00421. The van der Waals surface area contributed by atoms with Crippen LogP contribution in [0.4, 0.5) is 0 Å². The van der Waals surface area contributed by atoms with E-state index in [4.69, 9.17) is 14.2 Å². The minimum Gasteiger partial charge on any atom is -0.497 e. The first kappa shape index (κ1) is 18.1. The van der Waals surface area contributed by atoms with Gasteiger partial charge < -0.3 is 19.1 Å². The SMILES string of the molecule is COc1cc(OC)cc(C(=O)N2CCOCC2CCc2cnccn2)c1. The number of carbonyl (C=O) groups is 1. The summed E-state index contributed by atoms with van der Waals surface area (Å²) in [5.74, 6) is 1.14. The van der Waals surface area contributed by atoms with E-state index in [1.165, 1.54) is 0 Å². The Hall–Kier alpha value is -2.67. The second kappa shape index (κ2) is 8.62. The largest absolute Gasteiger partial charge is 0.497 e. The van der Waals surface area contributed by atoms with Gasteiger partial charge in [0.15, 0.2) is 0 Å². The Labute approximate surface area is 152 Å². The van der Waals surface area contributed by atoms with Crippen molar-refractivity contribution in [2.75, 3.05) is 34.0 Å². The van der Waals surface area contributed by atoms with Crippen molar-refractivity contribution in [2.45, 2.75) is 18.9 Å². The molecule has 1 saturated heterocycles. The first-order valence-electron chi connectivity index (χ1n) is 8.58. The highest BCUT2D eigenvalue weighted by Crippen LogP contribution is 2.25. The summed E-state index contributed by atoms with van der Waals surface area (Å²) in [5.41, 5.74) is 1.46. The average molecular weight is 357 g/mol. The van der Waals surface area contributed by atoms with Gasteiger partial charge in [0.2, 0.25) is 0 Å². The number of hydrogen-bond acceptors (Lipinski definition) is 6. The second-order valence-corrected chi connectivity index (χ2v) is 6.06. The molecule has 2 heterocycles. The van der Waals surface area contributed by atoms with Gasteiger partial charge in [0.25, 0.3) is 5.91 Å². The maximum atomic E-state index is 13.1. The average Bonchev–Trinajstić information content (AvgIpc) is 2.72. The number of hydrogen-bond donors (Lipinski definition) is 0. The van der Waals surface area contributed by atoms with Crippen molar-refractivity contribution in [1.29, 1.82) is 0 Å². The Morgan fingerprint density at radius 2 is 2.00 bits per heavy atom. The molecule has 7 nitrogen and oxygen atoms in total. The second-order valence-electron chi connectivity index (χ2n) is 6.06. The van der Waals surface area contributed by atoms with E-state index < -0.39 is 0 Å². The van der Waals surface area contributed by atoms with E-state index in [9.17, 15) is 4.79 Å². The highest BCUT2D eigenvalue weighted by atomic mass is 16.5. The predicted molar refractivity (Wildman–Crippen MR) is 95.5 cm³/mol. The van der Waals surface area contributed by atoms with Crippen LogP contribution in [-0.4, -0.2) is 60.8 Å². The van der Waals surface area contributed by atoms with Gasteiger partial charge in [0, 0.05) is 36.8 Å². The summed E-state index contributed by atoms with van der Waals surface area (Å²) in [6.07, 6.45) is 6.60. The third-order valence-electron chi connectivity index (χ3n) is 4.44. The lowest BCUT2D eigenvalue weighted by Crippen LogP contribution is -2.48. The van der Waals surface area contributed by atoms with Crippen LogP contribution in [0.2, 0.25) is 0 Å².